The van der Waals surface area contributed by atoms with Crippen LogP contribution in [-0.2, 0) is 20.0 Å². The Bertz CT molecular complexity index is 373. The Morgan fingerprint density at radius 3 is 2.57 bits per heavy atom. The highest BCUT2D eigenvalue weighted by Crippen LogP contribution is 2.02. The third-order valence-corrected chi connectivity index (χ3v) is 2.43. The van der Waals surface area contributed by atoms with Gasteiger partial charge in [-0.05, 0) is 19.1 Å². The van der Waals surface area contributed by atoms with Crippen LogP contribution in [0.2, 0.25) is 0 Å². The van der Waals surface area contributed by atoms with Crippen LogP contribution < -0.4 is 0 Å². The monoisotopic (exact) mass is 190 g/mol. The van der Waals surface area contributed by atoms with Crippen molar-refractivity contribution in [3.63, 3.8) is 0 Å². The summed E-state index contributed by atoms with van der Waals surface area (Å²) in [5.41, 5.74) is 2.44. The van der Waals surface area contributed by atoms with Gasteiger partial charge in [0.1, 0.15) is 0 Å². The largest absolute Gasteiger partial charge is 0.273 e. The highest BCUT2D eigenvalue weighted by Gasteiger charge is 2.00. The number of aromatic nitrogens is 4. The molecule has 14 heavy (non-hydrogen) atoms. The Morgan fingerprint density at radius 2 is 2.00 bits per heavy atom. The molecule has 0 atom stereocenters. The van der Waals surface area contributed by atoms with E-state index >= 15 is 0 Å². The van der Waals surface area contributed by atoms with E-state index in [1.807, 2.05) is 40.9 Å². The van der Waals surface area contributed by atoms with E-state index in [2.05, 4.69) is 17.1 Å². The van der Waals surface area contributed by atoms with Crippen LogP contribution in [0.3, 0.4) is 0 Å². The molecule has 0 aliphatic rings. The fourth-order valence-electron chi connectivity index (χ4n) is 1.50. The van der Waals surface area contributed by atoms with Gasteiger partial charge in [0.05, 0.1) is 0 Å². The molecule has 0 radical (unpaired) electrons. The van der Waals surface area contributed by atoms with Gasteiger partial charge in [-0.25, -0.2) is 0 Å². The Balaban J connectivity index is 2.02. The summed E-state index contributed by atoms with van der Waals surface area (Å²) in [6.07, 6.45) is 4.63. The van der Waals surface area contributed by atoms with Crippen LogP contribution in [0.4, 0.5) is 0 Å². The quantitative estimate of drug-likeness (QED) is 0.728. The first-order valence-corrected chi connectivity index (χ1v) is 4.72. The summed E-state index contributed by atoms with van der Waals surface area (Å²) < 4.78 is 3.91. The molecule has 0 amide bonds. The van der Waals surface area contributed by atoms with E-state index in [0.717, 1.165) is 13.0 Å². The number of rotatable bonds is 3. The Labute approximate surface area is 83.2 Å². The summed E-state index contributed by atoms with van der Waals surface area (Å²) in [5.74, 6) is 0. The first-order chi connectivity index (χ1) is 6.77. The second-order valence-corrected chi connectivity index (χ2v) is 3.39. The van der Waals surface area contributed by atoms with Crippen molar-refractivity contribution in [2.75, 3.05) is 0 Å². The molecule has 0 aromatic carbocycles. The maximum absolute atomic E-state index is 4.23. The molecule has 0 unspecified atom stereocenters. The van der Waals surface area contributed by atoms with Crippen molar-refractivity contribution in [2.24, 2.45) is 7.05 Å². The first kappa shape index (κ1) is 8.99. The van der Waals surface area contributed by atoms with Gasteiger partial charge in [-0.3, -0.25) is 9.36 Å². The lowest BCUT2D eigenvalue weighted by molar-refractivity contribution is 0.574. The van der Waals surface area contributed by atoms with Gasteiger partial charge >= 0.3 is 0 Å². The molecule has 0 saturated heterocycles. The van der Waals surface area contributed by atoms with E-state index < -0.39 is 0 Å². The Hall–Kier alpha value is -1.58. The average Bonchev–Trinajstić information content (AvgIpc) is 2.72. The predicted octanol–water partition coefficient (Wildman–Crippen LogP) is 1.17. The molecule has 0 aliphatic carbocycles. The van der Waals surface area contributed by atoms with Crippen molar-refractivity contribution < 1.29 is 0 Å². The van der Waals surface area contributed by atoms with Crippen molar-refractivity contribution >= 4 is 0 Å². The van der Waals surface area contributed by atoms with E-state index in [4.69, 9.17) is 0 Å². The maximum Gasteiger partial charge on any atom is 0.0492 e. The fraction of sp³-hybridized carbons (Fsp3) is 0.400. The molecular formula is C10H14N4. The third-order valence-electron chi connectivity index (χ3n) is 2.43. The van der Waals surface area contributed by atoms with Crippen LogP contribution >= 0.6 is 0 Å². The molecule has 2 aromatic heterocycles. The molecule has 0 fully saturated rings. The molecule has 2 aromatic rings. The third kappa shape index (κ3) is 1.69. The zero-order chi connectivity index (χ0) is 9.97. The Morgan fingerprint density at radius 1 is 1.21 bits per heavy atom. The normalized spacial score (nSPS) is 10.7. The van der Waals surface area contributed by atoms with Gasteiger partial charge in [0.25, 0.3) is 0 Å². The van der Waals surface area contributed by atoms with Gasteiger partial charge in [-0.2, -0.15) is 10.2 Å². The summed E-state index contributed by atoms with van der Waals surface area (Å²) >= 11 is 0. The summed E-state index contributed by atoms with van der Waals surface area (Å²) in [4.78, 5) is 0. The van der Waals surface area contributed by atoms with Gasteiger partial charge in [0.15, 0.2) is 0 Å². The molecule has 74 valence electrons. The van der Waals surface area contributed by atoms with Gasteiger partial charge in [0, 0.05) is 43.8 Å². The van der Waals surface area contributed by atoms with Gasteiger partial charge in [-0.1, -0.05) is 0 Å². The number of hydrogen-bond donors (Lipinski definition) is 0. The minimum Gasteiger partial charge on any atom is -0.273 e. The van der Waals surface area contributed by atoms with E-state index in [9.17, 15) is 0 Å². The summed E-state index contributed by atoms with van der Waals surface area (Å²) in [6, 6.07) is 4.06. The standard InChI is InChI=1S/C10H14N4/c1-9-3-6-12-14(9)8-5-10-4-7-11-13(10)2/h3-4,6-7H,5,8H2,1-2H3. The molecule has 2 heterocycles. The van der Waals surface area contributed by atoms with E-state index in [-0.39, 0.29) is 0 Å². The molecule has 0 saturated carbocycles. The van der Waals surface area contributed by atoms with Crippen molar-refractivity contribution in [3.05, 3.63) is 35.9 Å². The highest BCUT2D eigenvalue weighted by molar-refractivity contribution is 5.01. The predicted molar refractivity (Wildman–Crippen MR) is 53.9 cm³/mol. The smallest absolute Gasteiger partial charge is 0.0492 e. The first-order valence-electron chi connectivity index (χ1n) is 4.72. The molecular weight excluding hydrogens is 176 g/mol. The van der Waals surface area contributed by atoms with Crippen molar-refractivity contribution in [1.82, 2.24) is 19.6 Å². The van der Waals surface area contributed by atoms with Gasteiger partial charge in [0.2, 0.25) is 0 Å². The summed E-state index contributed by atoms with van der Waals surface area (Å²) in [7, 11) is 1.96. The van der Waals surface area contributed by atoms with Crippen molar-refractivity contribution in [3.8, 4) is 0 Å². The molecule has 0 N–H and O–H groups in total. The minimum atomic E-state index is 0.915. The molecule has 4 nitrogen and oxygen atoms in total. The number of aryl methyl sites for hydroxylation is 4. The zero-order valence-electron chi connectivity index (χ0n) is 8.51. The summed E-state index contributed by atoms with van der Waals surface area (Å²) in [5, 5.41) is 8.36. The van der Waals surface area contributed by atoms with Crippen LogP contribution in [0.1, 0.15) is 11.4 Å². The molecule has 0 bridgehead atoms. The fourth-order valence-corrected chi connectivity index (χ4v) is 1.50. The SMILES string of the molecule is Cc1ccnn1CCc1ccnn1C. The van der Waals surface area contributed by atoms with Crippen LogP contribution in [0, 0.1) is 6.92 Å². The topological polar surface area (TPSA) is 35.6 Å². The molecule has 4 heteroatoms. The van der Waals surface area contributed by atoms with Crippen LogP contribution in [0.25, 0.3) is 0 Å². The number of nitrogens with zero attached hydrogens (tertiary/aromatic N) is 4. The molecule has 0 aliphatic heterocycles. The van der Waals surface area contributed by atoms with E-state index in [1.165, 1.54) is 11.4 Å². The van der Waals surface area contributed by atoms with Crippen LogP contribution in [0.15, 0.2) is 24.5 Å². The Kier molecular flexibility index (Phi) is 2.35. The molecule has 0 spiro atoms. The highest BCUT2D eigenvalue weighted by atomic mass is 15.3. The second kappa shape index (κ2) is 3.65. The lowest BCUT2D eigenvalue weighted by Crippen LogP contribution is -2.07. The second-order valence-electron chi connectivity index (χ2n) is 3.39. The van der Waals surface area contributed by atoms with Gasteiger partial charge in [-0.15, -0.1) is 0 Å². The average molecular weight is 190 g/mol. The van der Waals surface area contributed by atoms with Crippen LogP contribution in [-0.4, -0.2) is 19.6 Å². The lowest BCUT2D eigenvalue weighted by atomic mass is 10.3. The molecule has 2 rings (SSSR count). The van der Waals surface area contributed by atoms with Crippen molar-refractivity contribution in [1.29, 1.82) is 0 Å². The number of hydrogen-bond acceptors (Lipinski definition) is 2. The van der Waals surface area contributed by atoms with E-state index in [0.29, 0.717) is 0 Å². The van der Waals surface area contributed by atoms with Crippen LogP contribution in [0.5, 0.6) is 0 Å². The summed E-state index contributed by atoms with van der Waals surface area (Å²) in [6.45, 7) is 2.98. The minimum absolute atomic E-state index is 0.915. The zero-order valence-corrected chi connectivity index (χ0v) is 8.51. The lowest BCUT2D eigenvalue weighted by Gasteiger charge is -2.04. The maximum atomic E-state index is 4.23. The van der Waals surface area contributed by atoms with Crippen molar-refractivity contribution in [2.45, 2.75) is 19.9 Å². The van der Waals surface area contributed by atoms with E-state index in [1.54, 1.807) is 0 Å². The van der Waals surface area contributed by atoms with Gasteiger partial charge < -0.3 is 0 Å².